The van der Waals surface area contributed by atoms with E-state index < -0.39 is 0 Å². The van der Waals surface area contributed by atoms with Gasteiger partial charge < -0.3 is 15.0 Å². The molecule has 26 heavy (non-hydrogen) atoms. The van der Waals surface area contributed by atoms with Crippen molar-refractivity contribution < 1.29 is 14.3 Å². The van der Waals surface area contributed by atoms with Crippen LogP contribution >= 0.6 is 11.6 Å². The Balaban J connectivity index is 1.48. The lowest BCUT2D eigenvalue weighted by Crippen LogP contribution is -2.31. The number of rotatable bonds is 7. The van der Waals surface area contributed by atoms with E-state index in [1.54, 1.807) is 48.3 Å². The van der Waals surface area contributed by atoms with E-state index in [2.05, 4.69) is 5.32 Å². The van der Waals surface area contributed by atoms with Gasteiger partial charge in [0.2, 0.25) is 0 Å². The van der Waals surface area contributed by atoms with Crippen molar-refractivity contribution in [2.24, 2.45) is 0 Å². The second-order valence-electron chi connectivity index (χ2n) is 6.44. The summed E-state index contributed by atoms with van der Waals surface area (Å²) in [6.45, 7) is 0.410. The maximum atomic E-state index is 12.2. The largest absolute Gasteiger partial charge is 0.484 e. The van der Waals surface area contributed by atoms with E-state index in [0.29, 0.717) is 28.9 Å². The summed E-state index contributed by atoms with van der Waals surface area (Å²) in [4.78, 5) is 25.8. The van der Waals surface area contributed by atoms with Crippen molar-refractivity contribution in [3.63, 3.8) is 0 Å². The molecule has 5 nitrogen and oxygen atoms in total. The van der Waals surface area contributed by atoms with E-state index in [0.717, 1.165) is 18.4 Å². The van der Waals surface area contributed by atoms with Gasteiger partial charge in [-0.1, -0.05) is 23.7 Å². The molecule has 3 rings (SSSR count). The van der Waals surface area contributed by atoms with Gasteiger partial charge in [0.05, 0.1) is 0 Å². The van der Waals surface area contributed by atoms with Crippen LogP contribution in [0.2, 0.25) is 5.02 Å². The van der Waals surface area contributed by atoms with Gasteiger partial charge in [-0.25, -0.2) is 0 Å². The maximum Gasteiger partial charge on any atom is 0.260 e. The van der Waals surface area contributed by atoms with E-state index in [9.17, 15) is 9.59 Å². The van der Waals surface area contributed by atoms with E-state index in [1.807, 2.05) is 12.1 Å². The number of hydrogen-bond acceptors (Lipinski definition) is 3. The Kier molecular flexibility index (Phi) is 5.78. The molecule has 1 saturated carbocycles. The molecule has 2 aromatic carbocycles. The van der Waals surface area contributed by atoms with Gasteiger partial charge in [0, 0.05) is 30.2 Å². The third kappa shape index (κ3) is 5.23. The number of halogens is 1. The van der Waals surface area contributed by atoms with E-state index >= 15 is 0 Å². The normalized spacial score (nSPS) is 13.2. The summed E-state index contributed by atoms with van der Waals surface area (Å²) in [7, 11) is 1.72. The van der Waals surface area contributed by atoms with E-state index in [4.69, 9.17) is 16.3 Å². The van der Waals surface area contributed by atoms with Crippen LogP contribution in [0.1, 0.15) is 28.8 Å². The predicted molar refractivity (Wildman–Crippen MR) is 100 cm³/mol. The van der Waals surface area contributed by atoms with Crippen LogP contribution in [0.4, 0.5) is 0 Å². The molecule has 1 aliphatic carbocycles. The number of hydrogen-bond donors (Lipinski definition) is 1. The van der Waals surface area contributed by atoms with Gasteiger partial charge >= 0.3 is 0 Å². The van der Waals surface area contributed by atoms with Crippen molar-refractivity contribution in [3.8, 4) is 5.75 Å². The molecule has 0 spiro atoms. The molecule has 2 amide bonds. The number of benzene rings is 2. The monoisotopic (exact) mass is 372 g/mol. The van der Waals surface area contributed by atoms with Crippen molar-refractivity contribution in [2.75, 3.05) is 13.7 Å². The second-order valence-corrected chi connectivity index (χ2v) is 6.87. The topological polar surface area (TPSA) is 58.6 Å². The quantitative estimate of drug-likeness (QED) is 0.811. The number of carbonyl (C=O) groups excluding carboxylic acids is 2. The van der Waals surface area contributed by atoms with Crippen molar-refractivity contribution in [3.05, 3.63) is 64.7 Å². The molecule has 0 saturated heterocycles. The summed E-state index contributed by atoms with van der Waals surface area (Å²) in [6.07, 6.45) is 2.13. The average Bonchev–Trinajstić information content (AvgIpc) is 3.45. The summed E-state index contributed by atoms with van der Waals surface area (Å²) < 4.78 is 5.47. The molecule has 0 aromatic heterocycles. The zero-order chi connectivity index (χ0) is 18.5. The van der Waals surface area contributed by atoms with E-state index in [1.165, 1.54) is 0 Å². The van der Waals surface area contributed by atoms with Gasteiger partial charge in [-0.15, -0.1) is 0 Å². The van der Waals surface area contributed by atoms with Crippen LogP contribution < -0.4 is 10.1 Å². The zero-order valence-electron chi connectivity index (χ0n) is 14.6. The van der Waals surface area contributed by atoms with Crippen LogP contribution in [0.25, 0.3) is 0 Å². The molecule has 6 heteroatoms. The molecule has 1 aliphatic rings. The van der Waals surface area contributed by atoms with Gasteiger partial charge in [0.15, 0.2) is 6.61 Å². The molecule has 0 radical (unpaired) electrons. The highest BCUT2D eigenvalue weighted by atomic mass is 35.5. The number of ether oxygens (including phenoxy) is 1. The summed E-state index contributed by atoms with van der Waals surface area (Å²) in [5, 5.41) is 3.58. The Labute approximate surface area is 157 Å². The highest BCUT2D eigenvalue weighted by molar-refractivity contribution is 6.30. The number of nitrogens with zero attached hydrogens (tertiary/aromatic N) is 1. The van der Waals surface area contributed by atoms with Crippen LogP contribution in [0, 0.1) is 0 Å². The van der Waals surface area contributed by atoms with Crippen LogP contribution in [0.3, 0.4) is 0 Å². The first-order valence-corrected chi connectivity index (χ1v) is 8.91. The first-order chi connectivity index (χ1) is 12.5. The lowest BCUT2D eigenvalue weighted by Gasteiger charge is -2.18. The SMILES string of the molecule is CN(Cc1ccc(C(=O)NC2CC2)cc1)C(=O)COc1ccc(Cl)cc1. The molecule has 0 atom stereocenters. The molecule has 0 heterocycles. The first kappa shape index (κ1) is 18.3. The number of likely N-dealkylation sites (N-methyl/N-ethyl adjacent to an activating group) is 1. The summed E-state index contributed by atoms with van der Waals surface area (Å²) >= 11 is 5.82. The molecule has 1 N–H and O–H groups in total. The molecule has 2 aromatic rings. The zero-order valence-corrected chi connectivity index (χ0v) is 15.3. The van der Waals surface area contributed by atoms with Crippen LogP contribution in [0.15, 0.2) is 48.5 Å². The van der Waals surface area contributed by atoms with Crippen molar-refractivity contribution in [2.45, 2.75) is 25.4 Å². The minimum absolute atomic E-state index is 0.0417. The molecular formula is C20H21ClN2O3. The lowest BCUT2D eigenvalue weighted by atomic mass is 10.1. The fraction of sp³-hybridized carbons (Fsp3) is 0.300. The highest BCUT2D eigenvalue weighted by Gasteiger charge is 2.23. The van der Waals surface area contributed by atoms with Gasteiger partial charge in [0.1, 0.15) is 5.75 Å². The Morgan fingerprint density at radius 3 is 2.38 bits per heavy atom. The third-order valence-electron chi connectivity index (χ3n) is 4.15. The molecule has 0 bridgehead atoms. The lowest BCUT2D eigenvalue weighted by molar-refractivity contribution is -0.132. The molecule has 0 aliphatic heterocycles. The summed E-state index contributed by atoms with van der Waals surface area (Å²) in [6, 6.07) is 14.5. The molecular weight excluding hydrogens is 352 g/mol. The number of carbonyl (C=O) groups is 2. The predicted octanol–water partition coefficient (Wildman–Crippen LogP) is 3.27. The average molecular weight is 373 g/mol. The van der Waals surface area contributed by atoms with Gasteiger partial charge in [0.25, 0.3) is 11.8 Å². The summed E-state index contributed by atoms with van der Waals surface area (Å²) in [5.74, 6) is 0.428. The van der Waals surface area contributed by atoms with Crippen molar-refractivity contribution >= 4 is 23.4 Å². The fourth-order valence-corrected chi connectivity index (χ4v) is 2.53. The van der Waals surface area contributed by atoms with Crippen LogP contribution in [-0.4, -0.2) is 36.4 Å². The summed E-state index contributed by atoms with van der Waals surface area (Å²) in [5.41, 5.74) is 1.59. The minimum Gasteiger partial charge on any atom is -0.484 e. The fourth-order valence-electron chi connectivity index (χ4n) is 2.41. The number of amides is 2. The Morgan fingerprint density at radius 1 is 1.12 bits per heavy atom. The Bertz CT molecular complexity index is 771. The highest BCUT2D eigenvalue weighted by Crippen LogP contribution is 2.19. The van der Waals surface area contributed by atoms with E-state index in [-0.39, 0.29) is 18.4 Å². The second kappa shape index (κ2) is 8.23. The van der Waals surface area contributed by atoms with Crippen molar-refractivity contribution in [1.82, 2.24) is 10.2 Å². The van der Waals surface area contributed by atoms with Crippen molar-refractivity contribution in [1.29, 1.82) is 0 Å². The third-order valence-corrected chi connectivity index (χ3v) is 4.40. The van der Waals surface area contributed by atoms with Crippen LogP contribution in [0.5, 0.6) is 5.75 Å². The molecule has 136 valence electrons. The molecule has 1 fully saturated rings. The molecule has 0 unspecified atom stereocenters. The number of nitrogens with one attached hydrogen (secondary N) is 1. The first-order valence-electron chi connectivity index (χ1n) is 8.53. The smallest absolute Gasteiger partial charge is 0.260 e. The minimum atomic E-state index is -0.129. The van der Waals surface area contributed by atoms with Crippen LogP contribution in [-0.2, 0) is 11.3 Å². The Hall–Kier alpha value is -2.53. The Morgan fingerprint density at radius 2 is 1.77 bits per heavy atom. The standard InChI is InChI=1S/C20H21ClN2O3/c1-23(19(24)13-26-18-10-6-16(21)7-11-18)12-14-2-4-15(5-3-14)20(25)22-17-8-9-17/h2-7,10-11,17H,8-9,12-13H2,1H3,(H,22,25). The van der Waals surface area contributed by atoms with Gasteiger partial charge in [-0.3, -0.25) is 9.59 Å². The van der Waals surface area contributed by atoms with Gasteiger partial charge in [-0.05, 0) is 54.8 Å². The maximum absolute atomic E-state index is 12.2. The van der Waals surface area contributed by atoms with Gasteiger partial charge in [-0.2, -0.15) is 0 Å².